The Morgan fingerprint density at radius 2 is 2.04 bits per heavy atom. The van der Waals surface area contributed by atoms with Gasteiger partial charge in [-0.3, -0.25) is 4.79 Å². The first kappa shape index (κ1) is 18.7. The van der Waals surface area contributed by atoms with E-state index < -0.39 is 11.9 Å². The molecule has 11 heteroatoms. The monoisotopic (exact) mass is 410 g/mol. The van der Waals surface area contributed by atoms with Crippen LogP contribution in [0.25, 0.3) is 5.78 Å². The maximum Gasteiger partial charge on any atom is 0.433 e. The highest BCUT2D eigenvalue weighted by molar-refractivity contribution is 7.13. The maximum atomic E-state index is 13.2. The Hall–Kier alpha value is -2.69. The van der Waals surface area contributed by atoms with Crippen molar-refractivity contribution in [2.75, 3.05) is 18.0 Å². The maximum absolute atomic E-state index is 13.2. The SMILES string of the molecule is Cc1ccc(C(=O)NC2CCN(c3cc(C(F)(F)F)nc4ncnn34)CC2)s1. The molecule has 148 valence electrons. The topological polar surface area (TPSA) is 75.4 Å². The van der Waals surface area contributed by atoms with E-state index in [2.05, 4.69) is 20.4 Å². The number of rotatable bonds is 3. The lowest BCUT2D eigenvalue weighted by Crippen LogP contribution is -2.45. The van der Waals surface area contributed by atoms with Crippen LogP contribution in [0.4, 0.5) is 19.0 Å². The minimum absolute atomic E-state index is 0.0266. The molecule has 1 saturated heterocycles. The third-order valence-corrected chi connectivity index (χ3v) is 5.64. The smallest absolute Gasteiger partial charge is 0.356 e. The highest BCUT2D eigenvalue weighted by Crippen LogP contribution is 2.31. The molecule has 0 unspecified atom stereocenters. The molecule has 1 aliphatic heterocycles. The van der Waals surface area contributed by atoms with Crippen molar-refractivity contribution in [2.24, 2.45) is 0 Å². The van der Waals surface area contributed by atoms with E-state index in [-0.39, 0.29) is 17.7 Å². The zero-order valence-electron chi connectivity index (χ0n) is 14.9. The Labute approximate surface area is 162 Å². The fraction of sp³-hybridized carbons (Fsp3) is 0.412. The zero-order chi connectivity index (χ0) is 19.9. The van der Waals surface area contributed by atoms with Gasteiger partial charge in [0, 0.05) is 30.1 Å². The van der Waals surface area contributed by atoms with Crippen LogP contribution in [0.5, 0.6) is 0 Å². The molecule has 1 aliphatic rings. The summed E-state index contributed by atoms with van der Waals surface area (Å²) in [7, 11) is 0. The summed E-state index contributed by atoms with van der Waals surface area (Å²) in [6, 6.07) is 4.66. The summed E-state index contributed by atoms with van der Waals surface area (Å²) in [4.78, 5) is 23.2. The first-order chi connectivity index (χ1) is 13.3. The van der Waals surface area contributed by atoms with Crippen molar-refractivity contribution in [2.45, 2.75) is 32.0 Å². The van der Waals surface area contributed by atoms with Gasteiger partial charge in [-0.15, -0.1) is 11.3 Å². The summed E-state index contributed by atoms with van der Waals surface area (Å²) in [5.74, 6) is 0.0975. The molecule has 3 aromatic rings. The third-order valence-electron chi connectivity index (χ3n) is 4.64. The molecule has 1 N–H and O–H groups in total. The van der Waals surface area contributed by atoms with Gasteiger partial charge in [-0.05, 0) is 31.9 Å². The number of alkyl halides is 3. The Morgan fingerprint density at radius 3 is 2.68 bits per heavy atom. The summed E-state index contributed by atoms with van der Waals surface area (Å²) in [6.07, 6.45) is -2.14. The van der Waals surface area contributed by atoms with Crippen molar-refractivity contribution in [3.63, 3.8) is 0 Å². The van der Waals surface area contributed by atoms with E-state index in [0.29, 0.717) is 36.6 Å². The molecular formula is C17H17F3N6OS. The van der Waals surface area contributed by atoms with E-state index in [9.17, 15) is 18.0 Å². The average molecular weight is 410 g/mol. The second-order valence-corrected chi connectivity index (χ2v) is 7.90. The predicted molar refractivity (Wildman–Crippen MR) is 97.5 cm³/mol. The van der Waals surface area contributed by atoms with E-state index in [1.807, 2.05) is 17.9 Å². The molecule has 4 heterocycles. The predicted octanol–water partition coefficient (Wildman–Crippen LogP) is 2.91. The number of amides is 1. The quantitative estimate of drug-likeness (QED) is 0.719. The second-order valence-electron chi connectivity index (χ2n) is 6.61. The molecule has 0 aromatic carbocycles. The minimum Gasteiger partial charge on any atom is -0.356 e. The van der Waals surface area contributed by atoms with E-state index in [1.54, 1.807) is 6.07 Å². The van der Waals surface area contributed by atoms with Crippen LogP contribution in [0.1, 0.15) is 33.1 Å². The lowest BCUT2D eigenvalue weighted by molar-refractivity contribution is -0.141. The Balaban J connectivity index is 1.48. The number of nitrogens with zero attached hydrogens (tertiary/aromatic N) is 5. The van der Waals surface area contributed by atoms with Crippen LogP contribution in [0, 0.1) is 6.92 Å². The van der Waals surface area contributed by atoms with Gasteiger partial charge in [0.15, 0.2) is 5.69 Å². The number of carbonyl (C=O) groups excluding carboxylic acids is 1. The first-order valence-corrected chi connectivity index (χ1v) is 9.53. The standard InChI is InChI=1S/C17H17F3N6OS/c1-10-2-3-12(28-10)15(27)23-11-4-6-25(7-5-11)14-8-13(17(18,19)20)24-16-21-9-22-26(14)16/h2-3,8-9,11H,4-7H2,1H3,(H,23,27). The van der Waals surface area contributed by atoms with Crippen LogP contribution >= 0.6 is 11.3 Å². The number of aromatic nitrogens is 4. The molecule has 1 fully saturated rings. The number of fused-ring (bicyclic) bond motifs is 1. The lowest BCUT2D eigenvalue weighted by Gasteiger charge is -2.33. The molecule has 0 atom stereocenters. The molecule has 0 spiro atoms. The Kier molecular flexibility index (Phi) is 4.69. The first-order valence-electron chi connectivity index (χ1n) is 8.71. The zero-order valence-corrected chi connectivity index (χ0v) is 15.7. The fourth-order valence-corrected chi connectivity index (χ4v) is 4.00. The summed E-state index contributed by atoms with van der Waals surface area (Å²) >= 11 is 1.43. The molecule has 0 radical (unpaired) electrons. The molecule has 1 amide bonds. The Morgan fingerprint density at radius 1 is 1.29 bits per heavy atom. The molecule has 0 saturated carbocycles. The number of thiophene rings is 1. The van der Waals surface area contributed by atoms with Gasteiger partial charge in [0.25, 0.3) is 11.7 Å². The molecule has 28 heavy (non-hydrogen) atoms. The number of hydrogen-bond donors (Lipinski definition) is 1. The van der Waals surface area contributed by atoms with Crippen LogP contribution in [-0.2, 0) is 6.18 Å². The van der Waals surface area contributed by atoms with E-state index >= 15 is 0 Å². The van der Waals surface area contributed by atoms with Crippen molar-refractivity contribution in [3.8, 4) is 0 Å². The highest BCUT2D eigenvalue weighted by Gasteiger charge is 2.35. The van der Waals surface area contributed by atoms with Crippen molar-refractivity contribution >= 4 is 28.8 Å². The number of carbonyl (C=O) groups is 1. The highest BCUT2D eigenvalue weighted by atomic mass is 32.1. The van der Waals surface area contributed by atoms with Crippen LogP contribution < -0.4 is 10.2 Å². The van der Waals surface area contributed by atoms with Gasteiger partial charge in [0.1, 0.15) is 12.1 Å². The van der Waals surface area contributed by atoms with Crippen molar-refractivity contribution in [1.82, 2.24) is 24.9 Å². The molecular weight excluding hydrogens is 393 g/mol. The van der Waals surface area contributed by atoms with E-state index in [0.717, 1.165) is 10.9 Å². The van der Waals surface area contributed by atoms with E-state index in [1.165, 1.54) is 22.2 Å². The number of piperidine rings is 1. The Bertz CT molecular complexity index is 1010. The summed E-state index contributed by atoms with van der Waals surface area (Å²) in [6.45, 7) is 2.92. The number of hydrogen-bond acceptors (Lipinski definition) is 6. The number of anilines is 1. The summed E-state index contributed by atoms with van der Waals surface area (Å²) in [5.41, 5.74) is -0.994. The summed E-state index contributed by atoms with van der Waals surface area (Å²) < 4.78 is 40.8. The summed E-state index contributed by atoms with van der Waals surface area (Å²) in [5, 5.41) is 7.00. The van der Waals surface area contributed by atoms with Gasteiger partial charge >= 0.3 is 6.18 Å². The van der Waals surface area contributed by atoms with Crippen LogP contribution in [0.15, 0.2) is 24.5 Å². The molecule has 0 bridgehead atoms. The van der Waals surface area contributed by atoms with Crippen LogP contribution in [0.2, 0.25) is 0 Å². The number of halogens is 3. The largest absolute Gasteiger partial charge is 0.433 e. The number of aryl methyl sites for hydroxylation is 1. The van der Waals surface area contributed by atoms with Gasteiger partial charge < -0.3 is 10.2 Å². The van der Waals surface area contributed by atoms with Gasteiger partial charge in [0.2, 0.25) is 0 Å². The lowest BCUT2D eigenvalue weighted by atomic mass is 10.0. The van der Waals surface area contributed by atoms with Gasteiger partial charge in [0.05, 0.1) is 4.88 Å². The molecule has 7 nitrogen and oxygen atoms in total. The van der Waals surface area contributed by atoms with Gasteiger partial charge in [-0.25, -0.2) is 4.98 Å². The fourth-order valence-electron chi connectivity index (χ4n) is 3.23. The normalized spacial score (nSPS) is 15.9. The van der Waals surface area contributed by atoms with Gasteiger partial charge in [-0.1, -0.05) is 0 Å². The third kappa shape index (κ3) is 3.66. The van der Waals surface area contributed by atoms with Crippen LogP contribution in [0.3, 0.4) is 0 Å². The van der Waals surface area contributed by atoms with Crippen molar-refractivity contribution in [3.05, 3.63) is 40.0 Å². The molecule has 0 aliphatic carbocycles. The minimum atomic E-state index is -4.56. The van der Waals surface area contributed by atoms with Crippen molar-refractivity contribution in [1.29, 1.82) is 0 Å². The number of nitrogens with one attached hydrogen (secondary N) is 1. The molecule has 4 rings (SSSR count). The van der Waals surface area contributed by atoms with E-state index in [4.69, 9.17) is 0 Å². The molecule has 3 aromatic heterocycles. The second kappa shape index (κ2) is 7.04. The van der Waals surface area contributed by atoms with Crippen LogP contribution in [-0.4, -0.2) is 44.6 Å². The van der Waals surface area contributed by atoms with Gasteiger partial charge in [-0.2, -0.15) is 27.8 Å². The van der Waals surface area contributed by atoms with Crippen molar-refractivity contribution < 1.29 is 18.0 Å². The average Bonchev–Trinajstić information content (AvgIpc) is 3.29.